The van der Waals surface area contributed by atoms with Gasteiger partial charge in [-0.3, -0.25) is 14.4 Å². The molecule has 2 rings (SSSR count). The maximum absolute atomic E-state index is 12.1. The Hall–Kier alpha value is -2.31. The first-order valence-electron chi connectivity index (χ1n) is 8.28. The third kappa shape index (κ3) is 6.73. The van der Waals surface area contributed by atoms with Crippen molar-refractivity contribution >= 4 is 46.7 Å². The first-order valence-corrected chi connectivity index (χ1v) is 9.88. The molecule has 2 aromatic carbocycles. The molecule has 27 heavy (non-hydrogen) atoms. The molecule has 0 aliphatic rings. The summed E-state index contributed by atoms with van der Waals surface area (Å²) in [7, 11) is 0. The molecular weight excluding hydrogens is 386 g/mol. The van der Waals surface area contributed by atoms with Crippen molar-refractivity contribution in [3.8, 4) is 0 Å². The largest absolute Gasteiger partial charge is 0.456 e. The number of carbonyl (C=O) groups excluding carboxylic acids is 3. The van der Waals surface area contributed by atoms with Crippen molar-refractivity contribution in [2.45, 2.75) is 24.7 Å². The van der Waals surface area contributed by atoms with Crippen molar-refractivity contribution in [2.24, 2.45) is 0 Å². The van der Waals surface area contributed by atoms with Crippen LogP contribution in [0.1, 0.15) is 28.8 Å². The molecule has 1 amide bonds. The highest BCUT2D eigenvalue weighted by molar-refractivity contribution is 7.98. The smallest absolute Gasteiger partial charge is 0.306 e. The summed E-state index contributed by atoms with van der Waals surface area (Å²) >= 11 is 7.58. The topological polar surface area (TPSA) is 72.5 Å². The molecule has 0 aliphatic heterocycles. The van der Waals surface area contributed by atoms with Gasteiger partial charge in [-0.05, 0) is 43.0 Å². The van der Waals surface area contributed by atoms with Crippen LogP contribution in [0.25, 0.3) is 0 Å². The molecule has 0 bridgehead atoms. The SMILES string of the molecule is CSc1ccc(C(=O)CCC(=O)OCC(=O)Nc2ccc(C)c(Cl)c2)cc1. The van der Waals surface area contributed by atoms with Gasteiger partial charge >= 0.3 is 5.97 Å². The number of hydrogen-bond donors (Lipinski definition) is 1. The number of carbonyl (C=O) groups is 3. The number of esters is 1. The zero-order valence-electron chi connectivity index (χ0n) is 15.1. The van der Waals surface area contributed by atoms with Crippen molar-refractivity contribution < 1.29 is 19.1 Å². The molecule has 142 valence electrons. The number of aryl methyl sites for hydroxylation is 1. The molecule has 0 heterocycles. The van der Waals surface area contributed by atoms with Crippen molar-refractivity contribution in [1.29, 1.82) is 0 Å². The summed E-state index contributed by atoms with van der Waals surface area (Å²) in [6, 6.07) is 12.3. The number of ketones is 1. The van der Waals surface area contributed by atoms with Crippen LogP contribution < -0.4 is 5.32 Å². The minimum Gasteiger partial charge on any atom is -0.456 e. The van der Waals surface area contributed by atoms with E-state index in [1.54, 1.807) is 42.1 Å². The van der Waals surface area contributed by atoms with Crippen molar-refractivity contribution in [3.63, 3.8) is 0 Å². The van der Waals surface area contributed by atoms with Crippen molar-refractivity contribution in [1.82, 2.24) is 0 Å². The van der Waals surface area contributed by atoms with Crippen LogP contribution in [-0.2, 0) is 14.3 Å². The Kier molecular flexibility index (Phi) is 7.88. The molecule has 0 spiro atoms. The summed E-state index contributed by atoms with van der Waals surface area (Å²) in [5, 5.41) is 3.13. The molecule has 0 saturated heterocycles. The minimum absolute atomic E-state index is 0.0344. The fourth-order valence-electron chi connectivity index (χ4n) is 2.22. The molecule has 0 unspecified atom stereocenters. The van der Waals surface area contributed by atoms with E-state index in [9.17, 15) is 14.4 Å². The Morgan fingerprint density at radius 1 is 1.07 bits per heavy atom. The summed E-state index contributed by atoms with van der Waals surface area (Å²) in [6.07, 6.45) is 1.91. The van der Waals surface area contributed by atoms with E-state index in [4.69, 9.17) is 16.3 Å². The zero-order chi connectivity index (χ0) is 19.8. The number of rotatable bonds is 8. The highest BCUT2D eigenvalue weighted by atomic mass is 35.5. The first kappa shape index (κ1) is 21.0. The minimum atomic E-state index is -0.596. The van der Waals surface area contributed by atoms with Gasteiger partial charge in [0.25, 0.3) is 5.91 Å². The van der Waals surface area contributed by atoms with Crippen LogP contribution in [0.3, 0.4) is 0 Å². The van der Waals surface area contributed by atoms with Gasteiger partial charge in [-0.2, -0.15) is 0 Å². The lowest BCUT2D eigenvalue weighted by molar-refractivity contribution is -0.147. The molecule has 0 aromatic heterocycles. The summed E-state index contributed by atoms with van der Waals surface area (Å²) < 4.78 is 4.91. The molecule has 2 aromatic rings. The number of Topliss-reactive ketones (excluding diaryl/α,β-unsaturated/α-hetero) is 1. The number of nitrogens with one attached hydrogen (secondary N) is 1. The number of amides is 1. The van der Waals surface area contributed by atoms with Gasteiger partial charge in [0, 0.05) is 27.6 Å². The molecule has 1 N–H and O–H groups in total. The van der Waals surface area contributed by atoms with E-state index in [0.29, 0.717) is 16.3 Å². The van der Waals surface area contributed by atoms with Crippen LogP contribution in [0.15, 0.2) is 47.4 Å². The maximum Gasteiger partial charge on any atom is 0.306 e. The van der Waals surface area contributed by atoms with E-state index in [0.717, 1.165) is 10.5 Å². The third-order valence-corrected chi connectivity index (χ3v) is 4.94. The van der Waals surface area contributed by atoms with Gasteiger partial charge in [-0.15, -0.1) is 11.8 Å². The summed E-state index contributed by atoms with van der Waals surface area (Å²) in [5.74, 6) is -1.21. The predicted molar refractivity (Wildman–Crippen MR) is 108 cm³/mol. The van der Waals surface area contributed by atoms with Crippen LogP contribution >= 0.6 is 23.4 Å². The second kappa shape index (κ2) is 10.1. The maximum atomic E-state index is 12.1. The number of hydrogen-bond acceptors (Lipinski definition) is 5. The third-order valence-electron chi connectivity index (χ3n) is 3.79. The standard InChI is InChI=1S/C20H20ClNO4S/c1-13-3-6-15(11-17(13)21)22-19(24)12-26-20(25)10-9-18(23)14-4-7-16(27-2)8-5-14/h3-8,11H,9-10,12H2,1-2H3,(H,22,24). The molecule has 0 atom stereocenters. The Morgan fingerprint density at radius 3 is 2.41 bits per heavy atom. The number of thioether (sulfide) groups is 1. The van der Waals surface area contributed by atoms with Crippen molar-refractivity contribution in [2.75, 3.05) is 18.2 Å². The van der Waals surface area contributed by atoms with Gasteiger partial charge < -0.3 is 10.1 Å². The van der Waals surface area contributed by atoms with Crippen LogP contribution in [0, 0.1) is 6.92 Å². The van der Waals surface area contributed by atoms with Crippen LogP contribution in [0.4, 0.5) is 5.69 Å². The predicted octanol–water partition coefficient (Wildman–Crippen LogP) is 4.52. The van der Waals surface area contributed by atoms with Gasteiger partial charge in [0.05, 0.1) is 6.42 Å². The molecular formula is C20H20ClNO4S. The Balaban J connectivity index is 1.74. The average Bonchev–Trinajstić information content (AvgIpc) is 2.67. The summed E-state index contributed by atoms with van der Waals surface area (Å²) in [6.45, 7) is 1.44. The van der Waals surface area contributed by atoms with E-state index in [2.05, 4.69) is 5.32 Å². The van der Waals surface area contributed by atoms with E-state index in [1.165, 1.54) is 0 Å². The van der Waals surface area contributed by atoms with Crippen molar-refractivity contribution in [3.05, 3.63) is 58.6 Å². The normalized spacial score (nSPS) is 10.3. The van der Waals surface area contributed by atoms with E-state index < -0.39 is 18.5 Å². The average molecular weight is 406 g/mol. The number of halogens is 1. The molecule has 7 heteroatoms. The van der Waals surface area contributed by atoms with Gasteiger partial charge in [-0.1, -0.05) is 29.8 Å². The Labute approximate surface area is 167 Å². The Bertz CT molecular complexity index is 836. The van der Waals surface area contributed by atoms with Crippen LogP contribution in [-0.4, -0.2) is 30.5 Å². The fraction of sp³-hybridized carbons (Fsp3) is 0.250. The highest BCUT2D eigenvalue weighted by Crippen LogP contribution is 2.20. The number of ether oxygens (including phenoxy) is 1. The number of benzene rings is 2. The zero-order valence-corrected chi connectivity index (χ0v) is 16.7. The van der Waals surface area contributed by atoms with Gasteiger partial charge in [-0.25, -0.2) is 0 Å². The second-order valence-electron chi connectivity index (χ2n) is 5.82. The molecule has 0 aliphatic carbocycles. The van der Waals surface area contributed by atoms with Crippen LogP contribution in [0.2, 0.25) is 5.02 Å². The number of anilines is 1. The van der Waals surface area contributed by atoms with E-state index in [1.807, 2.05) is 25.3 Å². The fourth-order valence-corrected chi connectivity index (χ4v) is 2.81. The summed E-state index contributed by atoms with van der Waals surface area (Å²) in [5.41, 5.74) is 1.97. The lowest BCUT2D eigenvalue weighted by Gasteiger charge is -2.08. The molecule has 0 saturated carbocycles. The molecule has 0 fully saturated rings. The van der Waals surface area contributed by atoms with Gasteiger partial charge in [0.2, 0.25) is 0 Å². The lowest BCUT2D eigenvalue weighted by Crippen LogP contribution is -2.21. The Morgan fingerprint density at radius 2 is 1.78 bits per heavy atom. The van der Waals surface area contributed by atoms with Gasteiger partial charge in [0.15, 0.2) is 12.4 Å². The highest BCUT2D eigenvalue weighted by Gasteiger charge is 2.12. The lowest BCUT2D eigenvalue weighted by atomic mass is 10.1. The summed E-state index contributed by atoms with van der Waals surface area (Å²) in [4.78, 5) is 36.7. The molecule has 0 radical (unpaired) electrons. The first-order chi connectivity index (χ1) is 12.9. The van der Waals surface area contributed by atoms with E-state index in [-0.39, 0.29) is 18.6 Å². The molecule has 5 nitrogen and oxygen atoms in total. The monoisotopic (exact) mass is 405 g/mol. The van der Waals surface area contributed by atoms with Gasteiger partial charge in [0.1, 0.15) is 0 Å². The van der Waals surface area contributed by atoms with E-state index >= 15 is 0 Å². The quantitative estimate of drug-likeness (QED) is 0.397. The van der Waals surface area contributed by atoms with Crippen LogP contribution in [0.5, 0.6) is 0 Å². The second-order valence-corrected chi connectivity index (χ2v) is 7.11.